The van der Waals surface area contributed by atoms with Gasteiger partial charge in [-0.05, 0) is 23.6 Å². The molecule has 0 aliphatic heterocycles. The number of rotatable bonds is 6. The number of nitrogens with one attached hydrogen (secondary N) is 1. The number of halogens is 1. The summed E-state index contributed by atoms with van der Waals surface area (Å²) in [6, 6.07) is 10.2. The second-order valence-electron chi connectivity index (χ2n) is 4.20. The lowest BCUT2D eigenvalue weighted by Gasteiger charge is -2.08. The molecule has 0 radical (unpaired) electrons. The second-order valence-corrected chi connectivity index (χ2v) is 5.53. The fourth-order valence-corrected chi connectivity index (χ4v) is 2.49. The first kappa shape index (κ1) is 16.8. The third-order valence-electron chi connectivity index (χ3n) is 2.59. The zero-order valence-corrected chi connectivity index (χ0v) is 13.3. The van der Waals surface area contributed by atoms with Crippen molar-refractivity contribution in [3.8, 4) is 11.8 Å². The minimum Gasteiger partial charge on any atom is -0.480 e. The molecule has 1 aromatic heterocycles. The van der Waals surface area contributed by atoms with Gasteiger partial charge in [-0.15, -0.1) is 11.3 Å². The number of amides is 1. The van der Waals surface area contributed by atoms with Gasteiger partial charge in [-0.3, -0.25) is 4.79 Å². The van der Waals surface area contributed by atoms with Gasteiger partial charge in [-0.2, -0.15) is 5.26 Å². The van der Waals surface area contributed by atoms with Gasteiger partial charge in [-0.25, -0.2) is 4.79 Å². The van der Waals surface area contributed by atoms with Crippen LogP contribution in [0.25, 0.3) is 0 Å². The number of carbonyl (C=O) groups excluding carboxylic acids is 2. The summed E-state index contributed by atoms with van der Waals surface area (Å²) in [5.74, 6) is -0.880. The van der Waals surface area contributed by atoms with E-state index in [0.29, 0.717) is 21.3 Å². The molecular formula is C15H11ClN2O4S. The summed E-state index contributed by atoms with van der Waals surface area (Å²) in [4.78, 5) is 23.2. The van der Waals surface area contributed by atoms with Crippen LogP contribution in [0.3, 0.4) is 0 Å². The monoisotopic (exact) mass is 350 g/mol. The predicted octanol–water partition coefficient (Wildman–Crippen LogP) is 2.83. The molecule has 1 aromatic carbocycles. The Labute approximate surface area is 141 Å². The number of nitrogens with zero attached hydrogens (tertiary/aromatic N) is 1. The van der Waals surface area contributed by atoms with Crippen molar-refractivity contribution >= 4 is 39.8 Å². The molecule has 0 spiro atoms. The third-order valence-corrected chi connectivity index (χ3v) is 3.73. The summed E-state index contributed by atoms with van der Waals surface area (Å²) < 4.78 is 9.98. The molecule has 2 rings (SSSR count). The van der Waals surface area contributed by atoms with E-state index in [9.17, 15) is 9.59 Å². The van der Waals surface area contributed by atoms with Crippen molar-refractivity contribution < 1.29 is 19.1 Å². The Morgan fingerprint density at radius 1 is 1.26 bits per heavy atom. The molecule has 1 N–H and O–H groups in total. The molecule has 118 valence electrons. The summed E-state index contributed by atoms with van der Waals surface area (Å²) in [7, 11) is 0. The van der Waals surface area contributed by atoms with E-state index in [0.717, 1.165) is 0 Å². The van der Waals surface area contributed by atoms with Gasteiger partial charge in [0.15, 0.2) is 13.2 Å². The molecule has 2 aromatic rings. The van der Waals surface area contributed by atoms with Crippen LogP contribution in [0.5, 0.6) is 5.75 Å². The van der Waals surface area contributed by atoms with Crippen LogP contribution in [0, 0.1) is 11.3 Å². The Hall–Kier alpha value is -2.56. The summed E-state index contributed by atoms with van der Waals surface area (Å²) in [5, 5.41) is 13.8. The first-order valence-electron chi connectivity index (χ1n) is 6.40. The molecule has 0 aliphatic rings. The fourth-order valence-electron chi connectivity index (χ4n) is 1.54. The van der Waals surface area contributed by atoms with Crippen molar-refractivity contribution in [2.75, 3.05) is 18.5 Å². The van der Waals surface area contributed by atoms with E-state index in [-0.39, 0.29) is 6.61 Å². The molecule has 0 fully saturated rings. The first-order chi connectivity index (χ1) is 11.1. The highest BCUT2D eigenvalue weighted by Gasteiger charge is 2.12. The van der Waals surface area contributed by atoms with Crippen LogP contribution in [-0.4, -0.2) is 25.1 Å². The predicted molar refractivity (Wildman–Crippen MR) is 85.6 cm³/mol. The van der Waals surface area contributed by atoms with Crippen LogP contribution in [0.4, 0.5) is 5.00 Å². The van der Waals surface area contributed by atoms with Crippen LogP contribution in [0.1, 0.15) is 5.56 Å². The Kier molecular flexibility index (Phi) is 5.97. The number of thiophene rings is 1. The number of carbonyl (C=O) groups is 2. The van der Waals surface area contributed by atoms with Gasteiger partial charge < -0.3 is 14.8 Å². The molecule has 0 aliphatic carbocycles. The summed E-state index contributed by atoms with van der Waals surface area (Å²) >= 11 is 7.09. The number of hydrogen-bond donors (Lipinski definition) is 1. The van der Waals surface area contributed by atoms with E-state index in [4.69, 9.17) is 26.3 Å². The van der Waals surface area contributed by atoms with E-state index in [1.807, 2.05) is 6.07 Å². The minimum atomic E-state index is -0.702. The van der Waals surface area contributed by atoms with Gasteiger partial charge in [0.25, 0.3) is 5.91 Å². The average Bonchev–Trinajstić information content (AvgIpc) is 2.99. The van der Waals surface area contributed by atoms with E-state index in [1.165, 1.54) is 11.3 Å². The molecule has 1 amide bonds. The molecule has 23 heavy (non-hydrogen) atoms. The SMILES string of the molecule is N#Cc1ccsc1NC(=O)COC(=O)COc1ccccc1Cl. The quantitative estimate of drug-likeness (QED) is 0.809. The first-order valence-corrected chi connectivity index (χ1v) is 7.66. The number of anilines is 1. The number of esters is 1. The van der Waals surface area contributed by atoms with Crippen LogP contribution < -0.4 is 10.1 Å². The van der Waals surface area contributed by atoms with Gasteiger partial charge in [0.1, 0.15) is 16.8 Å². The van der Waals surface area contributed by atoms with Crippen LogP contribution in [-0.2, 0) is 14.3 Å². The van der Waals surface area contributed by atoms with Crippen molar-refractivity contribution in [2.24, 2.45) is 0 Å². The smallest absolute Gasteiger partial charge is 0.344 e. The number of para-hydroxylation sites is 1. The Balaban J connectivity index is 1.75. The Morgan fingerprint density at radius 3 is 2.78 bits per heavy atom. The normalized spacial score (nSPS) is 9.74. The topological polar surface area (TPSA) is 88.4 Å². The summed E-state index contributed by atoms with van der Waals surface area (Å²) in [5.41, 5.74) is 0.358. The Morgan fingerprint density at radius 2 is 2.04 bits per heavy atom. The van der Waals surface area contributed by atoms with Crippen molar-refractivity contribution in [1.29, 1.82) is 5.26 Å². The van der Waals surface area contributed by atoms with Crippen molar-refractivity contribution in [2.45, 2.75) is 0 Å². The fraction of sp³-hybridized carbons (Fsp3) is 0.133. The van der Waals surface area contributed by atoms with Crippen molar-refractivity contribution in [3.63, 3.8) is 0 Å². The lowest BCUT2D eigenvalue weighted by molar-refractivity contribution is -0.149. The average molecular weight is 351 g/mol. The standard InChI is InChI=1S/C15H11ClN2O4S/c16-11-3-1-2-4-12(11)21-9-14(20)22-8-13(19)18-15-10(7-17)5-6-23-15/h1-6H,8-9H2,(H,18,19). The minimum absolute atomic E-state index is 0.354. The van der Waals surface area contributed by atoms with Crippen molar-refractivity contribution in [1.82, 2.24) is 0 Å². The van der Waals surface area contributed by atoms with Gasteiger partial charge in [0.2, 0.25) is 0 Å². The molecule has 0 bridgehead atoms. The van der Waals surface area contributed by atoms with E-state index in [2.05, 4.69) is 5.32 Å². The van der Waals surface area contributed by atoms with Crippen molar-refractivity contribution in [3.05, 3.63) is 46.3 Å². The van der Waals surface area contributed by atoms with E-state index in [1.54, 1.807) is 35.7 Å². The number of ether oxygens (including phenoxy) is 2. The summed E-state index contributed by atoms with van der Waals surface area (Å²) in [6.45, 7) is -0.826. The molecular weight excluding hydrogens is 340 g/mol. The molecule has 6 nitrogen and oxygen atoms in total. The molecule has 0 unspecified atom stereocenters. The number of benzene rings is 1. The van der Waals surface area contributed by atoms with Gasteiger partial charge in [-0.1, -0.05) is 23.7 Å². The highest BCUT2D eigenvalue weighted by Crippen LogP contribution is 2.23. The highest BCUT2D eigenvalue weighted by atomic mass is 35.5. The van der Waals surface area contributed by atoms with Gasteiger partial charge in [0, 0.05) is 0 Å². The molecule has 0 atom stereocenters. The lowest BCUT2D eigenvalue weighted by atomic mass is 10.3. The number of nitriles is 1. The molecule has 1 heterocycles. The molecule has 0 saturated carbocycles. The molecule has 8 heteroatoms. The maximum Gasteiger partial charge on any atom is 0.344 e. The maximum absolute atomic E-state index is 11.7. The third kappa shape index (κ3) is 4.98. The van der Waals surface area contributed by atoms with Crippen LogP contribution >= 0.6 is 22.9 Å². The summed E-state index contributed by atoms with van der Waals surface area (Å²) in [6.07, 6.45) is 0. The Bertz CT molecular complexity index is 754. The molecule has 0 saturated heterocycles. The maximum atomic E-state index is 11.7. The lowest BCUT2D eigenvalue weighted by Crippen LogP contribution is -2.23. The second kappa shape index (κ2) is 8.17. The van der Waals surface area contributed by atoms with Crippen LogP contribution in [0.15, 0.2) is 35.7 Å². The zero-order chi connectivity index (χ0) is 16.7. The van der Waals surface area contributed by atoms with Gasteiger partial charge in [0.05, 0.1) is 10.6 Å². The zero-order valence-electron chi connectivity index (χ0n) is 11.7. The largest absolute Gasteiger partial charge is 0.480 e. The number of hydrogen-bond acceptors (Lipinski definition) is 6. The van der Waals surface area contributed by atoms with E-state index < -0.39 is 18.5 Å². The van der Waals surface area contributed by atoms with E-state index >= 15 is 0 Å². The van der Waals surface area contributed by atoms with Crippen LogP contribution in [0.2, 0.25) is 5.02 Å². The highest BCUT2D eigenvalue weighted by molar-refractivity contribution is 7.14. The van der Waals surface area contributed by atoms with Gasteiger partial charge >= 0.3 is 5.97 Å².